The summed E-state index contributed by atoms with van der Waals surface area (Å²) in [7, 11) is 0. The molecule has 0 saturated heterocycles. The van der Waals surface area contributed by atoms with Gasteiger partial charge in [-0.2, -0.15) is 0 Å². The van der Waals surface area contributed by atoms with Crippen molar-refractivity contribution in [2.45, 2.75) is 51.5 Å². The summed E-state index contributed by atoms with van der Waals surface area (Å²) in [4.78, 5) is 0. The molecule has 0 radical (unpaired) electrons. The predicted octanol–water partition coefficient (Wildman–Crippen LogP) is 4.07. The van der Waals surface area contributed by atoms with E-state index in [1.165, 1.54) is 37.8 Å². The van der Waals surface area contributed by atoms with Crippen molar-refractivity contribution < 1.29 is 8.78 Å². The van der Waals surface area contributed by atoms with Gasteiger partial charge in [-0.25, -0.2) is 8.78 Å². The third-order valence-corrected chi connectivity index (χ3v) is 4.07. The van der Waals surface area contributed by atoms with Crippen LogP contribution in [0.3, 0.4) is 0 Å². The quantitative estimate of drug-likeness (QED) is 0.819. The topological polar surface area (TPSA) is 12.0 Å². The zero-order valence-electron chi connectivity index (χ0n) is 11.6. The molecular formula is C16H23F2N. The number of rotatable bonds is 6. The van der Waals surface area contributed by atoms with Gasteiger partial charge in [0.25, 0.3) is 0 Å². The first-order valence-electron chi connectivity index (χ1n) is 7.38. The number of benzene rings is 1. The van der Waals surface area contributed by atoms with Crippen LogP contribution >= 0.6 is 0 Å². The second kappa shape index (κ2) is 6.99. The first-order chi connectivity index (χ1) is 9.20. The molecular weight excluding hydrogens is 244 g/mol. The van der Waals surface area contributed by atoms with E-state index in [1.54, 1.807) is 6.07 Å². The van der Waals surface area contributed by atoms with Gasteiger partial charge in [0, 0.05) is 6.04 Å². The Balaban J connectivity index is 2.03. The molecule has 1 aliphatic rings. The highest BCUT2D eigenvalue weighted by molar-refractivity contribution is 5.19. The molecule has 1 aliphatic carbocycles. The van der Waals surface area contributed by atoms with Crippen molar-refractivity contribution in [3.63, 3.8) is 0 Å². The molecule has 0 aliphatic heterocycles. The lowest BCUT2D eigenvalue weighted by molar-refractivity contribution is 0.356. The second-order valence-electron chi connectivity index (χ2n) is 5.56. The Bertz CT molecular complexity index is 400. The van der Waals surface area contributed by atoms with E-state index in [0.29, 0.717) is 12.0 Å². The maximum Gasteiger partial charge on any atom is 0.159 e. The summed E-state index contributed by atoms with van der Waals surface area (Å²) in [6.45, 7) is 3.14. The van der Waals surface area contributed by atoms with Crippen LogP contribution in [-0.2, 0) is 6.42 Å². The van der Waals surface area contributed by atoms with Gasteiger partial charge in [0.05, 0.1) is 0 Å². The van der Waals surface area contributed by atoms with Crippen LogP contribution in [-0.4, -0.2) is 12.6 Å². The lowest BCUT2D eigenvalue weighted by Crippen LogP contribution is -2.37. The number of halogens is 2. The predicted molar refractivity (Wildman–Crippen MR) is 74.1 cm³/mol. The normalized spacial score (nSPS) is 17.8. The van der Waals surface area contributed by atoms with Gasteiger partial charge in [0.1, 0.15) is 0 Å². The van der Waals surface area contributed by atoms with E-state index in [0.717, 1.165) is 24.9 Å². The Morgan fingerprint density at radius 2 is 1.95 bits per heavy atom. The van der Waals surface area contributed by atoms with E-state index in [1.807, 2.05) is 0 Å². The standard InChI is InChI=1S/C16H23F2N/c1-2-9-19-16(13-5-3-4-6-13)11-12-7-8-14(17)15(18)10-12/h7-8,10,13,16,19H,2-6,9,11H2,1H3. The molecule has 19 heavy (non-hydrogen) atoms. The third kappa shape index (κ3) is 4.00. The molecule has 1 aromatic carbocycles. The third-order valence-electron chi connectivity index (χ3n) is 4.07. The summed E-state index contributed by atoms with van der Waals surface area (Å²) in [5.74, 6) is -0.819. The zero-order chi connectivity index (χ0) is 13.7. The first kappa shape index (κ1) is 14.4. The Hall–Kier alpha value is -0.960. The first-order valence-corrected chi connectivity index (χ1v) is 7.38. The van der Waals surface area contributed by atoms with E-state index < -0.39 is 11.6 Å². The van der Waals surface area contributed by atoms with Crippen molar-refractivity contribution in [1.29, 1.82) is 0 Å². The molecule has 0 aromatic heterocycles. The summed E-state index contributed by atoms with van der Waals surface area (Å²) in [6.07, 6.45) is 7.00. The van der Waals surface area contributed by atoms with Crippen molar-refractivity contribution in [1.82, 2.24) is 5.32 Å². The summed E-state index contributed by atoms with van der Waals surface area (Å²) >= 11 is 0. The average molecular weight is 267 g/mol. The van der Waals surface area contributed by atoms with E-state index >= 15 is 0 Å². The Morgan fingerprint density at radius 3 is 2.58 bits per heavy atom. The molecule has 1 unspecified atom stereocenters. The van der Waals surface area contributed by atoms with Gasteiger partial charge in [-0.1, -0.05) is 25.8 Å². The van der Waals surface area contributed by atoms with Gasteiger partial charge >= 0.3 is 0 Å². The monoisotopic (exact) mass is 267 g/mol. The van der Waals surface area contributed by atoms with Crippen LogP contribution in [0.5, 0.6) is 0 Å². The van der Waals surface area contributed by atoms with Crippen LogP contribution in [0.1, 0.15) is 44.6 Å². The zero-order valence-corrected chi connectivity index (χ0v) is 11.6. The van der Waals surface area contributed by atoms with Gasteiger partial charge in [-0.05, 0) is 55.8 Å². The smallest absolute Gasteiger partial charge is 0.159 e. The lowest BCUT2D eigenvalue weighted by atomic mass is 9.92. The molecule has 1 atom stereocenters. The fraction of sp³-hybridized carbons (Fsp3) is 0.625. The molecule has 1 saturated carbocycles. The molecule has 0 bridgehead atoms. The highest BCUT2D eigenvalue weighted by Crippen LogP contribution is 2.29. The van der Waals surface area contributed by atoms with Crippen molar-refractivity contribution in [3.05, 3.63) is 35.4 Å². The summed E-state index contributed by atoms with van der Waals surface area (Å²) < 4.78 is 26.2. The minimum Gasteiger partial charge on any atom is -0.313 e. The van der Waals surface area contributed by atoms with Crippen LogP contribution in [0.2, 0.25) is 0 Å². The molecule has 1 fully saturated rings. The Labute approximate surface area is 114 Å². The van der Waals surface area contributed by atoms with Crippen molar-refractivity contribution >= 4 is 0 Å². The molecule has 2 rings (SSSR count). The van der Waals surface area contributed by atoms with Crippen molar-refractivity contribution in [3.8, 4) is 0 Å². The van der Waals surface area contributed by atoms with Gasteiger partial charge in [-0.3, -0.25) is 0 Å². The van der Waals surface area contributed by atoms with Gasteiger partial charge < -0.3 is 5.32 Å². The summed E-state index contributed by atoms with van der Waals surface area (Å²) in [6, 6.07) is 4.67. The molecule has 0 amide bonds. The average Bonchev–Trinajstić information content (AvgIpc) is 2.92. The Morgan fingerprint density at radius 1 is 1.21 bits per heavy atom. The van der Waals surface area contributed by atoms with Crippen LogP contribution < -0.4 is 5.32 Å². The molecule has 0 heterocycles. The maximum atomic E-state index is 13.3. The van der Waals surface area contributed by atoms with Crippen LogP contribution in [0.4, 0.5) is 8.78 Å². The fourth-order valence-electron chi connectivity index (χ4n) is 3.02. The van der Waals surface area contributed by atoms with Gasteiger partial charge in [-0.15, -0.1) is 0 Å². The van der Waals surface area contributed by atoms with Crippen LogP contribution in [0.15, 0.2) is 18.2 Å². The maximum absolute atomic E-state index is 13.3. The molecule has 1 N–H and O–H groups in total. The summed E-state index contributed by atoms with van der Waals surface area (Å²) in [5, 5.41) is 3.58. The fourth-order valence-corrected chi connectivity index (χ4v) is 3.02. The van der Waals surface area contributed by atoms with E-state index in [2.05, 4.69) is 12.2 Å². The minimum absolute atomic E-state index is 0.396. The second-order valence-corrected chi connectivity index (χ2v) is 5.56. The van der Waals surface area contributed by atoms with Gasteiger partial charge in [0.15, 0.2) is 11.6 Å². The largest absolute Gasteiger partial charge is 0.313 e. The Kier molecular flexibility index (Phi) is 5.32. The van der Waals surface area contributed by atoms with Gasteiger partial charge in [0.2, 0.25) is 0 Å². The molecule has 1 nitrogen and oxygen atoms in total. The van der Waals surface area contributed by atoms with Crippen LogP contribution in [0, 0.1) is 17.6 Å². The number of nitrogens with one attached hydrogen (secondary N) is 1. The molecule has 0 spiro atoms. The van der Waals surface area contributed by atoms with E-state index in [4.69, 9.17) is 0 Å². The van der Waals surface area contributed by atoms with Crippen molar-refractivity contribution in [2.75, 3.05) is 6.54 Å². The lowest BCUT2D eigenvalue weighted by Gasteiger charge is -2.25. The number of hydrogen-bond acceptors (Lipinski definition) is 1. The van der Waals surface area contributed by atoms with Crippen LogP contribution in [0.25, 0.3) is 0 Å². The van der Waals surface area contributed by atoms with Crippen molar-refractivity contribution in [2.24, 2.45) is 5.92 Å². The summed E-state index contributed by atoms with van der Waals surface area (Å²) in [5.41, 5.74) is 0.888. The minimum atomic E-state index is -0.761. The molecule has 106 valence electrons. The van der Waals surface area contributed by atoms with E-state index in [-0.39, 0.29) is 0 Å². The number of hydrogen-bond donors (Lipinski definition) is 1. The molecule has 1 aromatic rings. The van der Waals surface area contributed by atoms with E-state index in [9.17, 15) is 8.78 Å². The highest BCUT2D eigenvalue weighted by Gasteiger charge is 2.24. The highest BCUT2D eigenvalue weighted by atomic mass is 19.2. The SMILES string of the molecule is CCCNC(Cc1ccc(F)c(F)c1)C1CCCC1. The molecule has 3 heteroatoms.